The zero-order valence-electron chi connectivity index (χ0n) is 12.0. The molecule has 0 saturated carbocycles. The maximum atomic E-state index is 10.8. The van der Waals surface area contributed by atoms with Crippen LogP contribution in [0.2, 0.25) is 0 Å². The van der Waals surface area contributed by atoms with Crippen LogP contribution in [-0.2, 0) is 0 Å². The van der Waals surface area contributed by atoms with Crippen LogP contribution < -0.4 is 10.6 Å². The molecule has 3 rings (SSSR count). The third-order valence-electron chi connectivity index (χ3n) is 4.25. The molecule has 2 atom stereocenters. The van der Waals surface area contributed by atoms with Crippen LogP contribution in [0.5, 0.6) is 0 Å². The van der Waals surface area contributed by atoms with Crippen LogP contribution in [0.25, 0.3) is 11.0 Å². The van der Waals surface area contributed by atoms with Crippen LogP contribution in [0.3, 0.4) is 0 Å². The smallest absolute Gasteiger partial charge is 0.271 e. The molecule has 0 bridgehead atoms. The van der Waals surface area contributed by atoms with Crippen molar-refractivity contribution in [1.82, 2.24) is 9.97 Å². The van der Waals surface area contributed by atoms with E-state index in [9.17, 15) is 10.1 Å². The van der Waals surface area contributed by atoms with Gasteiger partial charge in [0.25, 0.3) is 5.69 Å². The summed E-state index contributed by atoms with van der Waals surface area (Å²) in [6.45, 7) is 3.72. The van der Waals surface area contributed by atoms with Gasteiger partial charge in [-0.1, -0.05) is 0 Å². The van der Waals surface area contributed by atoms with Crippen molar-refractivity contribution in [3.8, 4) is 0 Å². The Hall–Kier alpha value is -2.15. The van der Waals surface area contributed by atoms with E-state index < -0.39 is 4.92 Å². The molecule has 0 radical (unpaired) electrons. The number of rotatable bonds is 3. The molecule has 0 aliphatic carbocycles. The number of nitrogens with two attached hydrogens (primary N) is 1. The van der Waals surface area contributed by atoms with E-state index in [0.717, 1.165) is 30.9 Å². The summed E-state index contributed by atoms with van der Waals surface area (Å²) in [6, 6.07) is 5.09. The average Bonchev–Trinajstić information content (AvgIpc) is 2.90. The largest absolute Gasteiger partial charge is 0.339 e. The van der Waals surface area contributed by atoms with Crippen molar-refractivity contribution < 1.29 is 4.92 Å². The van der Waals surface area contributed by atoms with Crippen LogP contribution in [0.4, 0.5) is 11.6 Å². The van der Waals surface area contributed by atoms with Gasteiger partial charge in [-0.05, 0) is 38.3 Å². The van der Waals surface area contributed by atoms with Crippen molar-refractivity contribution in [1.29, 1.82) is 0 Å². The Bertz CT molecular complexity index is 668. The highest BCUT2D eigenvalue weighted by Gasteiger charge is 2.26. The molecular weight excluding hydrogens is 270 g/mol. The molecule has 7 heteroatoms. The second-order valence-corrected chi connectivity index (χ2v) is 5.70. The van der Waals surface area contributed by atoms with E-state index in [-0.39, 0.29) is 5.69 Å². The molecule has 1 aliphatic rings. The lowest BCUT2D eigenvalue weighted by Gasteiger charge is -2.37. The number of hydrogen-bond acceptors (Lipinski definition) is 5. The topological polar surface area (TPSA) is 101 Å². The number of fused-ring (bicyclic) bond motifs is 1. The van der Waals surface area contributed by atoms with E-state index in [0.29, 0.717) is 24.0 Å². The van der Waals surface area contributed by atoms with Crippen LogP contribution in [0, 0.1) is 16.0 Å². The third kappa shape index (κ3) is 2.56. The first-order valence-corrected chi connectivity index (χ1v) is 7.19. The second-order valence-electron chi connectivity index (χ2n) is 5.70. The number of aromatic amines is 1. The summed E-state index contributed by atoms with van der Waals surface area (Å²) < 4.78 is 0. The fraction of sp³-hybridized carbons (Fsp3) is 0.500. The number of nitro groups is 1. The first-order chi connectivity index (χ1) is 10.1. The molecule has 3 N–H and O–H groups in total. The van der Waals surface area contributed by atoms with Gasteiger partial charge < -0.3 is 15.6 Å². The van der Waals surface area contributed by atoms with Crippen molar-refractivity contribution in [3.63, 3.8) is 0 Å². The lowest BCUT2D eigenvalue weighted by molar-refractivity contribution is -0.384. The molecule has 1 saturated heterocycles. The van der Waals surface area contributed by atoms with E-state index in [4.69, 9.17) is 5.73 Å². The second kappa shape index (κ2) is 5.33. The Morgan fingerprint density at radius 1 is 1.52 bits per heavy atom. The SMILES string of the molecule is CC1CCC(CN)CN1c1nc2ccc([N+](=O)[O-])cc2[nH]1. The van der Waals surface area contributed by atoms with Crippen molar-refractivity contribution >= 4 is 22.7 Å². The summed E-state index contributed by atoms with van der Waals surface area (Å²) in [5.41, 5.74) is 7.30. The number of piperidine rings is 1. The number of nitrogens with one attached hydrogen (secondary N) is 1. The quantitative estimate of drug-likeness (QED) is 0.665. The van der Waals surface area contributed by atoms with Crippen LogP contribution in [0.15, 0.2) is 18.2 Å². The molecule has 7 nitrogen and oxygen atoms in total. The van der Waals surface area contributed by atoms with Gasteiger partial charge in [-0.25, -0.2) is 4.98 Å². The summed E-state index contributed by atoms with van der Waals surface area (Å²) in [5.74, 6) is 1.25. The van der Waals surface area contributed by atoms with Crippen molar-refractivity contribution in [2.24, 2.45) is 11.7 Å². The predicted molar refractivity (Wildman–Crippen MR) is 81.3 cm³/mol. The lowest BCUT2D eigenvalue weighted by atomic mass is 9.94. The zero-order chi connectivity index (χ0) is 15.0. The molecule has 1 aromatic carbocycles. The third-order valence-corrected chi connectivity index (χ3v) is 4.25. The molecule has 21 heavy (non-hydrogen) atoms. The summed E-state index contributed by atoms with van der Waals surface area (Å²) in [4.78, 5) is 20.4. The number of anilines is 1. The maximum Gasteiger partial charge on any atom is 0.271 e. The summed E-state index contributed by atoms with van der Waals surface area (Å²) >= 11 is 0. The molecule has 0 spiro atoms. The fourth-order valence-corrected chi connectivity index (χ4v) is 2.90. The van der Waals surface area contributed by atoms with Crippen molar-refractivity contribution in [3.05, 3.63) is 28.3 Å². The van der Waals surface area contributed by atoms with Gasteiger partial charge in [-0.2, -0.15) is 0 Å². The van der Waals surface area contributed by atoms with Gasteiger partial charge >= 0.3 is 0 Å². The number of non-ortho nitro benzene ring substituents is 1. The zero-order valence-corrected chi connectivity index (χ0v) is 12.0. The summed E-state index contributed by atoms with van der Waals surface area (Å²) in [6.07, 6.45) is 2.22. The van der Waals surface area contributed by atoms with Gasteiger partial charge in [0.1, 0.15) is 0 Å². The average molecular weight is 289 g/mol. The van der Waals surface area contributed by atoms with Gasteiger partial charge in [0, 0.05) is 24.7 Å². The fourth-order valence-electron chi connectivity index (χ4n) is 2.90. The predicted octanol–water partition coefficient (Wildman–Crippen LogP) is 2.03. The minimum Gasteiger partial charge on any atom is -0.339 e. The monoisotopic (exact) mass is 289 g/mol. The minimum absolute atomic E-state index is 0.0734. The lowest BCUT2D eigenvalue weighted by Crippen LogP contribution is -2.44. The number of hydrogen-bond donors (Lipinski definition) is 2. The Morgan fingerprint density at radius 3 is 3.05 bits per heavy atom. The van der Waals surface area contributed by atoms with E-state index in [2.05, 4.69) is 21.8 Å². The van der Waals surface area contributed by atoms with Gasteiger partial charge in [-0.15, -0.1) is 0 Å². The van der Waals surface area contributed by atoms with Gasteiger partial charge in [0.15, 0.2) is 0 Å². The molecule has 1 aromatic heterocycles. The molecule has 1 aliphatic heterocycles. The van der Waals surface area contributed by atoms with E-state index in [1.807, 2.05) is 0 Å². The van der Waals surface area contributed by atoms with E-state index in [1.54, 1.807) is 6.07 Å². The first-order valence-electron chi connectivity index (χ1n) is 7.19. The van der Waals surface area contributed by atoms with Gasteiger partial charge in [0.2, 0.25) is 5.95 Å². The van der Waals surface area contributed by atoms with Gasteiger partial charge in [-0.3, -0.25) is 10.1 Å². The normalized spacial score (nSPS) is 22.7. The first kappa shape index (κ1) is 13.8. The highest BCUT2D eigenvalue weighted by atomic mass is 16.6. The molecule has 2 aromatic rings. The van der Waals surface area contributed by atoms with Crippen LogP contribution in [0.1, 0.15) is 19.8 Å². The number of H-pyrrole nitrogens is 1. The molecule has 0 amide bonds. The molecular formula is C14H19N5O2. The standard InChI is InChI=1S/C14H19N5O2/c1-9-2-3-10(7-15)8-18(9)14-16-12-5-4-11(19(20)21)6-13(12)17-14/h4-6,9-10H,2-3,7-8,15H2,1H3,(H,16,17). The number of nitro benzene ring substituents is 1. The Balaban J connectivity index is 1.94. The van der Waals surface area contributed by atoms with Crippen molar-refractivity contribution in [2.75, 3.05) is 18.0 Å². The number of imidazole rings is 1. The molecule has 2 heterocycles. The number of benzene rings is 1. The van der Waals surface area contributed by atoms with Crippen molar-refractivity contribution in [2.45, 2.75) is 25.8 Å². The Kier molecular flexibility index (Phi) is 3.50. The maximum absolute atomic E-state index is 10.8. The van der Waals surface area contributed by atoms with Crippen LogP contribution in [-0.4, -0.2) is 34.0 Å². The molecule has 112 valence electrons. The minimum atomic E-state index is -0.395. The van der Waals surface area contributed by atoms with E-state index in [1.165, 1.54) is 12.1 Å². The molecule has 1 fully saturated rings. The molecule has 2 unspecified atom stereocenters. The Labute approximate surface area is 122 Å². The summed E-state index contributed by atoms with van der Waals surface area (Å²) in [7, 11) is 0. The highest BCUT2D eigenvalue weighted by molar-refractivity contribution is 5.80. The number of nitrogens with zero attached hydrogens (tertiary/aromatic N) is 3. The highest BCUT2D eigenvalue weighted by Crippen LogP contribution is 2.28. The van der Waals surface area contributed by atoms with Gasteiger partial charge in [0.05, 0.1) is 16.0 Å². The van der Waals surface area contributed by atoms with Crippen LogP contribution >= 0.6 is 0 Å². The Morgan fingerprint density at radius 2 is 2.33 bits per heavy atom. The summed E-state index contributed by atoms with van der Waals surface area (Å²) in [5, 5.41) is 10.8. The van der Waals surface area contributed by atoms with E-state index >= 15 is 0 Å². The number of aromatic nitrogens is 2.